The lowest BCUT2D eigenvalue weighted by Gasteiger charge is -2.25. The highest BCUT2D eigenvalue weighted by molar-refractivity contribution is 6.09. The zero-order valence-corrected chi connectivity index (χ0v) is 30.4. The number of hydrogen-bond donors (Lipinski definition) is 0. The van der Waals surface area contributed by atoms with Crippen LogP contribution >= 0.6 is 0 Å². The Hall–Kier alpha value is -7.63. The lowest BCUT2D eigenvalue weighted by atomic mass is 9.98. The van der Waals surface area contributed by atoms with E-state index in [1.54, 1.807) is 0 Å². The van der Waals surface area contributed by atoms with Gasteiger partial charge >= 0.3 is 0 Å². The summed E-state index contributed by atoms with van der Waals surface area (Å²) in [6, 6.07) is 73.8. The lowest BCUT2D eigenvalue weighted by Crippen LogP contribution is -2.09. The monoisotopic (exact) mass is 717 g/mol. The van der Waals surface area contributed by atoms with Crippen molar-refractivity contribution in [2.24, 2.45) is 0 Å². The minimum absolute atomic E-state index is 0.566. The second kappa shape index (κ2) is 14.3. The van der Waals surface area contributed by atoms with Crippen LogP contribution in [0.5, 0.6) is 0 Å². The largest absolute Gasteiger partial charge is 0.311 e. The van der Waals surface area contributed by atoms with Crippen molar-refractivity contribution in [3.63, 3.8) is 0 Å². The fourth-order valence-electron chi connectivity index (χ4n) is 7.71. The molecule has 0 saturated heterocycles. The molecule has 10 rings (SSSR count). The molecule has 0 unspecified atom stereocenters. The Morgan fingerprint density at radius 1 is 0.304 bits per heavy atom. The van der Waals surface area contributed by atoms with Crippen molar-refractivity contribution in [2.45, 2.75) is 0 Å². The Morgan fingerprint density at radius 3 is 1.18 bits per heavy atom. The summed E-state index contributed by atoms with van der Waals surface area (Å²) in [5.41, 5.74) is 11.5. The van der Waals surface area contributed by atoms with Crippen molar-refractivity contribution in [2.75, 3.05) is 4.90 Å². The first kappa shape index (κ1) is 33.0. The first-order valence-electron chi connectivity index (χ1n) is 18.8. The first-order valence-corrected chi connectivity index (χ1v) is 18.8. The maximum absolute atomic E-state index is 5.32. The highest BCUT2D eigenvalue weighted by atomic mass is 15.2. The van der Waals surface area contributed by atoms with E-state index < -0.39 is 0 Å². The molecular formula is C51H35N5. The van der Waals surface area contributed by atoms with Gasteiger partial charge in [-0.25, -0.2) is 4.98 Å². The summed E-state index contributed by atoms with van der Waals surface area (Å²) in [6.07, 6.45) is 0. The van der Waals surface area contributed by atoms with Gasteiger partial charge in [-0.1, -0.05) is 164 Å². The smallest absolute Gasteiger partial charge is 0.238 e. The van der Waals surface area contributed by atoms with Crippen LogP contribution in [0.3, 0.4) is 0 Å². The molecule has 5 nitrogen and oxygen atoms in total. The number of benzene rings is 8. The van der Waals surface area contributed by atoms with Crippen LogP contribution in [0.25, 0.3) is 72.8 Å². The van der Waals surface area contributed by atoms with Gasteiger partial charge in [-0.05, 0) is 70.8 Å². The second-order valence-electron chi connectivity index (χ2n) is 13.7. The Kier molecular flexibility index (Phi) is 8.43. The van der Waals surface area contributed by atoms with Gasteiger partial charge in [0.2, 0.25) is 5.95 Å². The van der Waals surface area contributed by atoms with E-state index in [9.17, 15) is 0 Å². The maximum Gasteiger partial charge on any atom is 0.238 e. The van der Waals surface area contributed by atoms with E-state index >= 15 is 0 Å². The molecule has 0 aliphatic carbocycles. The van der Waals surface area contributed by atoms with Crippen LogP contribution in [-0.4, -0.2) is 19.5 Å². The van der Waals surface area contributed by atoms with Crippen molar-refractivity contribution in [1.82, 2.24) is 19.5 Å². The molecule has 0 fully saturated rings. The second-order valence-corrected chi connectivity index (χ2v) is 13.7. The van der Waals surface area contributed by atoms with Crippen molar-refractivity contribution in [3.8, 4) is 51.0 Å². The summed E-state index contributed by atoms with van der Waals surface area (Å²) >= 11 is 0. The van der Waals surface area contributed by atoms with Gasteiger partial charge in [0, 0.05) is 39.0 Å². The summed E-state index contributed by atoms with van der Waals surface area (Å²) < 4.78 is 2.17. The summed E-state index contributed by atoms with van der Waals surface area (Å²) in [6.45, 7) is 0. The van der Waals surface area contributed by atoms with Gasteiger partial charge in [0.15, 0.2) is 11.6 Å². The van der Waals surface area contributed by atoms with E-state index in [0.29, 0.717) is 17.6 Å². The summed E-state index contributed by atoms with van der Waals surface area (Å²) in [4.78, 5) is 18.2. The number of para-hydroxylation sites is 4. The molecule has 0 aliphatic rings. The molecular weight excluding hydrogens is 683 g/mol. The number of nitrogens with zero attached hydrogens (tertiary/aromatic N) is 5. The molecule has 5 heteroatoms. The van der Waals surface area contributed by atoms with Crippen LogP contribution < -0.4 is 4.90 Å². The Morgan fingerprint density at radius 2 is 0.679 bits per heavy atom. The molecule has 10 aromatic rings. The molecule has 0 aliphatic heterocycles. The normalized spacial score (nSPS) is 11.2. The van der Waals surface area contributed by atoms with Gasteiger partial charge in [0.25, 0.3) is 0 Å². The van der Waals surface area contributed by atoms with Crippen LogP contribution in [-0.2, 0) is 0 Å². The molecule has 8 aromatic carbocycles. The van der Waals surface area contributed by atoms with Gasteiger partial charge in [-0.15, -0.1) is 0 Å². The van der Waals surface area contributed by atoms with Gasteiger partial charge < -0.3 is 4.90 Å². The fourth-order valence-corrected chi connectivity index (χ4v) is 7.71. The minimum atomic E-state index is 0.566. The Bertz CT molecular complexity index is 2860. The van der Waals surface area contributed by atoms with E-state index in [-0.39, 0.29) is 0 Å². The summed E-state index contributed by atoms with van der Waals surface area (Å²) in [5, 5.41) is 2.30. The fraction of sp³-hybridized carbons (Fsp3) is 0. The predicted octanol–water partition coefficient (Wildman–Crippen LogP) is 13.1. The number of anilines is 3. The third-order valence-corrected chi connectivity index (χ3v) is 10.3. The molecule has 0 saturated carbocycles. The van der Waals surface area contributed by atoms with Crippen molar-refractivity contribution in [1.29, 1.82) is 0 Å². The van der Waals surface area contributed by atoms with Gasteiger partial charge in [0.1, 0.15) is 0 Å². The standard InChI is InChI=1S/C51H35N5/c1-4-18-36(19-5-1)41-24-10-12-28-45(41)49-52-50(54-51(53-49)56-47-30-16-14-26-43(47)44-27-15-17-31-48(44)56)46-29-13-11-25-42(46)37-32-34-40(35-33-37)55(38-20-6-2-7-21-38)39-22-8-3-9-23-39/h1-35H. The highest BCUT2D eigenvalue weighted by Gasteiger charge is 2.21. The number of rotatable bonds is 8. The molecule has 0 bridgehead atoms. The van der Waals surface area contributed by atoms with Crippen LogP contribution in [0.2, 0.25) is 0 Å². The zero-order chi connectivity index (χ0) is 37.3. The van der Waals surface area contributed by atoms with E-state index in [4.69, 9.17) is 15.0 Å². The quantitative estimate of drug-likeness (QED) is 0.157. The average Bonchev–Trinajstić information content (AvgIpc) is 3.62. The molecule has 0 spiro atoms. The van der Waals surface area contributed by atoms with E-state index in [1.165, 1.54) is 0 Å². The predicted molar refractivity (Wildman–Crippen MR) is 231 cm³/mol. The average molecular weight is 718 g/mol. The molecule has 2 heterocycles. The third kappa shape index (κ3) is 5.98. The number of fused-ring (bicyclic) bond motifs is 3. The molecule has 0 atom stereocenters. The molecule has 264 valence electrons. The van der Waals surface area contributed by atoms with Gasteiger partial charge in [0.05, 0.1) is 11.0 Å². The minimum Gasteiger partial charge on any atom is -0.311 e. The Balaban J connectivity index is 1.16. The topological polar surface area (TPSA) is 46.8 Å². The molecule has 56 heavy (non-hydrogen) atoms. The van der Waals surface area contributed by atoms with Crippen molar-refractivity contribution in [3.05, 3.63) is 212 Å². The van der Waals surface area contributed by atoms with E-state index in [1.807, 2.05) is 18.2 Å². The van der Waals surface area contributed by atoms with Gasteiger partial charge in [-0.2, -0.15) is 9.97 Å². The summed E-state index contributed by atoms with van der Waals surface area (Å²) in [7, 11) is 0. The molecule has 2 aromatic heterocycles. The Labute approximate surface area is 325 Å². The summed E-state index contributed by atoms with van der Waals surface area (Å²) in [5.74, 6) is 1.78. The van der Waals surface area contributed by atoms with Crippen molar-refractivity contribution >= 4 is 38.9 Å². The van der Waals surface area contributed by atoms with Crippen LogP contribution in [0.15, 0.2) is 212 Å². The van der Waals surface area contributed by atoms with Gasteiger partial charge in [-0.3, -0.25) is 4.57 Å². The van der Waals surface area contributed by atoms with Crippen LogP contribution in [0, 0.1) is 0 Å². The first-order chi connectivity index (χ1) is 27.8. The van der Waals surface area contributed by atoms with E-state index in [2.05, 4.69) is 204 Å². The molecule has 0 N–H and O–H groups in total. The lowest BCUT2D eigenvalue weighted by molar-refractivity contribution is 0.954. The van der Waals surface area contributed by atoms with Crippen molar-refractivity contribution < 1.29 is 0 Å². The molecule has 0 radical (unpaired) electrons. The highest BCUT2D eigenvalue weighted by Crippen LogP contribution is 2.39. The number of hydrogen-bond acceptors (Lipinski definition) is 4. The molecule has 0 amide bonds. The zero-order valence-electron chi connectivity index (χ0n) is 30.4. The van der Waals surface area contributed by atoms with Crippen LogP contribution in [0.1, 0.15) is 0 Å². The number of aromatic nitrogens is 4. The maximum atomic E-state index is 5.32. The van der Waals surface area contributed by atoms with E-state index in [0.717, 1.165) is 72.2 Å². The van der Waals surface area contributed by atoms with Crippen LogP contribution in [0.4, 0.5) is 17.1 Å². The third-order valence-electron chi connectivity index (χ3n) is 10.3. The SMILES string of the molecule is c1ccc(-c2ccccc2-c2nc(-c3ccccc3-c3ccc(N(c4ccccc4)c4ccccc4)cc3)nc(-n3c4ccccc4c4ccccc43)n2)cc1.